The molecule has 0 unspecified atom stereocenters. The molecule has 0 radical (unpaired) electrons. The molecule has 0 aliphatic carbocycles. The molecule has 19 heavy (non-hydrogen) atoms. The molecule has 0 spiro atoms. The fourth-order valence-electron chi connectivity index (χ4n) is 2.04. The van der Waals surface area contributed by atoms with Gasteiger partial charge in [-0.25, -0.2) is 0 Å². The minimum absolute atomic E-state index is 0.483. The first-order valence-electron chi connectivity index (χ1n) is 7.07. The van der Waals surface area contributed by atoms with Crippen LogP contribution < -0.4 is 10.2 Å². The predicted molar refractivity (Wildman–Crippen MR) is 78.8 cm³/mol. The van der Waals surface area contributed by atoms with Crippen LogP contribution in [-0.2, 0) is 0 Å². The van der Waals surface area contributed by atoms with E-state index in [0.29, 0.717) is 12.1 Å². The van der Waals surface area contributed by atoms with Crippen molar-refractivity contribution in [3.05, 3.63) is 24.3 Å². The maximum atomic E-state index is 8.94. The van der Waals surface area contributed by atoms with Crippen molar-refractivity contribution in [3.8, 4) is 5.75 Å². The van der Waals surface area contributed by atoms with E-state index in [0.717, 1.165) is 12.3 Å². The van der Waals surface area contributed by atoms with Crippen molar-refractivity contribution in [1.82, 2.24) is 4.90 Å². The van der Waals surface area contributed by atoms with E-state index in [2.05, 4.69) is 4.90 Å². The fourth-order valence-corrected chi connectivity index (χ4v) is 2.04. The molecule has 106 valence electrons. The molecule has 1 aliphatic rings. The Balaban J connectivity index is 0.000000861. The van der Waals surface area contributed by atoms with Gasteiger partial charge in [0.05, 0.1) is 0 Å². The number of ether oxygens (including phenoxy) is 1. The van der Waals surface area contributed by atoms with Crippen LogP contribution >= 0.6 is 0 Å². The van der Waals surface area contributed by atoms with E-state index >= 15 is 0 Å². The van der Waals surface area contributed by atoms with Gasteiger partial charge in [0.15, 0.2) is 0 Å². The molecular weight excluding hydrogens is 241 g/mol. The smallest absolute Gasteiger partial charge is 0.488 e. The minimum atomic E-state index is -1.41. The summed E-state index contributed by atoms with van der Waals surface area (Å²) in [4.78, 5) is 2.39. The second-order valence-electron chi connectivity index (χ2n) is 4.34. The first kappa shape index (κ1) is 16.0. The summed E-state index contributed by atoms with van der Waals surface area (Å²) in [5.74, 6) is 0.772. The summed E-state index contributed by atoms with van der Waals surface area (Å²) < 4.78 is 5.60. The fraction of sp³-hybridized carbons (Fsp3) is 0.571. The molecule has 2 N–H and O–H groups in total. The van der Waals surface area contributed by atoms with Crippen molar-refractivity contribution >= 4 is 12.6 Å². The monoisotopic (exact) mass is 265 g/mol. The van der Waals surface area contributed by atoms with Gasteiger partial charge in [-0.2, -0.15) is 0 Å². The molecule has 0 saturated carbocycles. The molecule has 2 rings (SSSR count). The number of benzene rings is 1. The highest BCUT2D eigenvalue weighted by Crippen LogP contribution is 2.09. The Kier molecular flexibility index (Phi) is 7.56. The van der Waals surface area contributed by atoms with Crippen molar-refractivity contribution in [3.63, 3.8) is 0 Å². The lowest BCUT2D eigenvalue weighted by Crippen LogP contribution is -2.29. The zero-order valence-electron chi connectivity index (χ0n) is 11.9. The number of likely N-dealkylation sites (tertiary alicyclic amines) is 1. The molecule has 1 aliphatic heterocycles. The number of hydrogen-bond acceptors (Lipinski definition) is 4. The van der Waals surface area contributed by atoms with Crippen molar-refractivity contribution in [2.75, 3.05) is 26.2 Å². The SMILES string of the molecule is CC.OB(O)c1ccc(OCCN2CCCC2)cc1. The first-order valence-corrected chi connectivity index (χ1v) is 7.07. The largest absolute Gasteiger partial charge is 0.492 e. The summed E-state index contributed by atoms with van der Waals surface area (Å²) in [6, 6.07) is 6.85. The van der Waals surface area contributed by atoms with Crippen LogP contribution in [0.3, 0.4) is 0 Å². The molecule has 0 bridgehead atoms. The molecule has 1 aromatic carbocycles. The Bertz CT molecular complexity index is 337. The highest BCUT2D eigenvalue weighted by Gasteiger charge is 2.11. The molecule has 1 saturated heterocycles. The van der Waals surface area contributed by atoms with Crippen molar-refractivity contribution in [1.29, 1.82) is 0 Å². The van der Waals surface area contributed by atoms with E-state index in [1.165, 1.54) is 25.9 Å². The lowest BCUT2D eigenvalue weighted by molar-refractivity contribution is 0.238. The van der Waals surface area contributed by atoms with Gasteiger partial charge in [0.25, 0.3) is 0 Å². The quantitative estimate of drug-likeness (QED) is 0.776. The Hall–Kier alpha value is -1.04. The molecule has 1 heterocycles. The maximum Gasteiger partial charge on any atom is 0.488 e. The van der Waals surface area contributed by atoms with Crippen LogP contribution in [0.2, 0.25) is 0 Å². The molecule has 0 atom stereocenters. The van der Waals surface area contributed by atoms with Crippen LogP contribution in [0.15, 0.2) is 24.3 Å². The average molecular weight is 265 g/mol. The van der Waals surface area contributed by atoms with Crippen LogP contribution in [-0.4, -0.2) is 48.3 Å². The molecule has 1 aromatic rings. The molecule has 5 heteroatoms. The summed E-state index contributed by atoms with van der Waals surface area (Å²) >= 11 is 0. The Morgan fingerprint density at radius 2 is 1.68 bits per heavy atom. The van der Waals surface area contributed by atoms with Gasteiger partial charge < -0.3 is 14.8 Å². The predicted octanol–water partition coefficient (Wildman–Crippen LogP) is 0.867. The molecule has 0 aromatic heterocycles. The standard InChI is InChI=1S/C12H18BNO3.C2H6/c15-13(16)11-3-5-12(6-4-11)17-10-9-14-7-1-2-8-14;1-2/h3-6,15-16H,1-2,7-10H2;1-2H3. The Labute approximate surface area is 116 Å². The average Bonchev–Trinajstić information content (AvgIpc) is 2.95. The number of rotatable bonds is 5. The van der Waals surface area contributed by atoms with Gasteiger partial charge in [0, 0.05) is 6.54 Å². The normalized spacial score (nSPS) is 14.7. The van der Waals surface area contributed by atoms with Gasteiger partial charge in [-0.15, -0.1) is 0 Å². The van der Waals surface area contributed by atoms with E-state index in [1.54, 1.807) is 24.3 Å². The third kappa shape index (κ3) is 5.64. The van der Waals surface area contributed by atoms with E-state index < -0.39 is 7.12 Å². The first-order chi connectivity index (χ1) is 9.25. The summed E-state index contributed by atoms with van der Waals surface area (Å²) in [6.07, 6.45) is 2.59. The summed E-state index contributed by atoms with van der Waals surface area (Å²) in [5, 5.41) is 17.9. The van der Waals surface area contributed by atoms with E-state index in [-0.39, 0.29) is 0 Å². The van der Waals surface area contributed by atoms with Gasteiger partial charge >= 0.3 is 7.12 Å². The van der Waals surface area contributed by atoms with Crippen LogP contribution in [0, 0.1) is 0 Å². The van der Waals surface area contributed by atoms with Crippen LogP contribution in [0.25, 0.3) is 0 Å². The molecule has 0 amide bonds. The number of nitrogens with zero attached hydrogens (tertiary/aromatic N) is 1. The van der Waals surface area contributed by atoms with Gasteiger partial charge in [-0.05, 0) is 43.5 Å². The summed E-state index contributed by atoms with van der Waals surface area (Å²) in [5.41, 5.74) is 0.483. The minimum Gasteiger partial charge on any atom is -0.492 e. The second kappa shape index (κ2) is 8.96. The van der Waals surface area contributed by atoms with Crippen LogP contribution in [0.5, 0.6) is 5.75 Å². The van der Waals surface area contributed by atoms with Crippen molar-refractivity contribution in [2.24, 2.45) is 0 Å². The molecule has 4 nitrogen and oxygen atoms in total. The lowest BCUT2D eigenvalue weighted by atomic mass is 9.80. The van der Waals surface area contributed by atoms with Gasteiger partial charge in [-0.3, -0.25) is 4.90 Å². The Morgan fingerprint density at radius 3 is 2.21 bits per heavy atom. The van der Waals surface area contributed by atoms with Crippen molar-refractivity contribution in [2.45, 2.75) is 26.7 Å². The zero-order chi connectivity index (χ0) is 14.1. The topological polar surface area (TPSA) is 52.9 Å². The summed E-state index contributed by atoms with van der Waals surface area (Å²) in [7, 11) is -1.41. The van der Waals surface area contributed by atoms with Crippen LogP contribution in [0.4, 0.5) is 0 Å². The third-order valence-corrected chi connectivity index (χ3v) is 3.05. The van der Waals surface area contributed by atoms with Gasteiger partial charge in [0.1, 0.15) is 12.4 Å². The second-order valence-corrected chi connectivity index (χ2v) is 4.34. The van der Waals surface area contributed by atoms with E-state index in [1.807, 2.05) is 13.8 Å². The third-order valence-electron chi connectivity index (χ3n) is 3.05. The van der Waals surface area contributed by atoms with E-state index in [4.69, 9.17) is 14.8 Å². The molecule has 1 fully saturated rings. The number of hydrogen-bond donors (Lipinski definition) is 2. The highest BCUT2D eigenvalue weighted by atomic mass is 16.5. The lowest BCUT2D eigenvalue weighted by Gasteiger charge is -2.14. The molecular formula is C14H24BNO3. The van der Waals surface area contributed by atoms with Crippen molar-refractivity contribution < 1.29 is 14.8 Å². The van der Waals surface area contributed by atoms with Crippen LogP contribution in [0.1, 0.15) is 26.7 Å². The Morgan fingerprint density at radius 1 is 1.11 bits per heavy atom. The summed E-state index contributed by atoms with van der Waals surface area (Å²) in [6.45, 7) is 8.00. The zero-order valence-corrected chi connectivity index (χ0v) is 11.9. The van der Waals surface area contributed by atoms with Gasteiger partial charge in [0.2, 0.25) is 0 Å². The van der Waals surface area contributed by atoms with E-state index in [9.17, 15) is 0 Å². The highest BCUT2D eigenvalue weighted by molar-refractivity contribution is 6.58. The van der Waals surface area contributed by atoms with Gasteiger partial charge in [-0.1, -0.05) is 26.0 Å². The maximum absolute atomic E-state index is 8.94.